The number of anilines is 2. The molecule has 3 aromatic rings. The van der Waals surface area contributed by atoms with Crippen molar-refractivity contribution in [1.29, 1.82) is 0 Å². The second-order valence-electron chi connectivity index (χ2n) is 7.89. The number of rotatable bonds is 5. The van der Waals surface area contributed by atoms with E-state index in [4.69, 9.17) is 16.3 Å². The van der Waals surface area contributed by atoms with Crippen LogP contribution in [0, 0.1) is 0 Å². The lowest BCUT2D eigenvalue weighted by molar-refractivity contribution is 0.0991. The predicted octanol–water partition coefficient (Wildman–Crippen LogP) is 3.49. The van der Waals surface area contributed by atoms with E-state index in [2.05, 4.69) is 15.3 Å². The molecule has 2 aromatic carbocycles. The Morgan fingerprint density at radius 1 is 1.16 bits per heavy atom. The van der Waals surface area contributed by atoms with Crippen LogP contribution in [0.2, 0.25) is 5.02 Å². The summed E-state index contributed by atoms with van der Waals surface area (Å²) in [6, 6.07) is 13.8. The zero-order valence-corrected chi connectivity index (χ0v) is 18.3. The minimum Gasteiger partial charge on any atom is -0.495 e. The first-order valence-electron chi connectivity index (χ1n) is 10.3. The van der Waals surface area contributed by atoms with Crippen molar-refractivity contribution in [3.63, 3.8) is 0 Å². The zero-order valence-electron chi connectivity index (χ0n) is 17.5. The van der Waals surface area contributed by atoms with Gasteiger partial charge < -0.3 is 19.9 Å². The van der Waals surface area contributed by atoms with Gasteiger partial charge in [0.05, 0.1) is 25.0 Å². The Kier molecular flexibility index (Phi) is 5.08. The molecule has 0 bridgehead atoms. The topological polar surface area (TPSA) is 62.6 Å². The molecule has 0 spiro atoms. The van der Waals surface area contributed by atoms with Gasteiger partial charge in [0.1, 0.15) is 5.75 Å². The molecule has 0 radical (unpaired) electrons. The molecule has 31 heavy (non-hydrogen) atoms. The van der Waals surface area contributed by atoms with Crippen molar-refractivity contribution in [3.05, 3.63) is 64.9 Å². The highest BCUT2D eigenvalue weighted by Gasteiger charge is 2.33. The third kappa shape index (κ3) is 3.54. The van der Waals surface area contributed by atoms with Crippen molar-refractivity contribution in [2.24, 2.45) is 0 Å². The standard InChI is InChI=1S/C23H24ClN5O2/c1-25-17-9-10-27(14-17)20-8-7-19(11-21(20)31-2)28-12-15-13-29(26-22(15)23(28)30)18-5-3-16(24)4-6-18/h3-8,11,13,17,25H,9-10,12,14H2,1-2H3/t17-/m0/s1. The Morgan fingerprint density at radius 2 is 1.94 bits per heavy atom. The molecule has 1 N–H and O–H groups in total. The molecule has 1 saturated heterocycles. The van der Waals surface area contributed by atoms with Gasteiger partial charge in [-0.3, -0.25) is 4.79 Å². The number of fused-ring (bicyclic) bond motifs is 1. The average Bonchev–Trinajstić information content (AvgIpc) is 3.50. The highest BCUT2D eigenvalue weighted by molar-refractivity contribution is 6.30. The molecule has 160 valence electrons. The first-order valence-corrected chi connectivity index (χ1v) is 10.7. The van der Waals surface area contributed by atoms with E-state index in [0.717, 1.165) is 47.9 Å². The van der Waals surface area contributed by atoms with Crippen molar-refractivity contribution in [1.82, 2.24) is 15.1 Å². The number of aromatic nitrogens is 2. The molecule has 1 amide bonds. The van der Waals surface area contributed by atoms with Gasteiger partial charge in [-0.05, 0) is 49.9 Å². The number of halogens is 1. The van der Waals surface area contributed by atoms with E-state index in [9.17, 15) is 4.79 Å². The van der Waals surface area contributed by atoms with Gasteiger partial charge in [0.25, 0.3) is 5.91 Å². The fraction of sp³-hybridized carbons (Fsp3) is 0.304. The number of carbonyl (C=O) groups is 1. The third-order valence-corrected chi connectivity index (χ3v) is 6.32. The van der Waals surface area contributed by atoms with Gasteiger partial charge in [-0.2, -0.15) is 5.10 Å². The lowest BCUT2D eigenvalue weighted by Crippen LogP contribution is -2.29. The summed E-state index contributed by atoms with van der Waals surface area (Å²) in [5.74, 6) is 0.673. The van der Waals surface area contributed by atoms with E-state index in [1.54, 1.807) is 16.7 Å². The zero-order chi connectivity index (χ0) is 21.5. The lowest BCUT2D eigenvalue weighted by Gasteiger charge is -2.24. The van der Waals surface area contributed by atoms with Gasteiger partial charge in [-0.25, -0.2) is 4.68 Å². The van der Waals surface area contributed by atoms with E-state index in [-0.39, 0.29) is 5.91 Å². The summed E-state index contributed by atoms with van der Waals surface area (Å²) in [5, 5.41) is 8.53. The molecule has 7 nitrogen and oxygen atoms in total. The van der Waals surface area contributed by atoms with Crippen LogP contribution in [0.4, 0.5) is 11.4 Å². The number of hydrogen-bond donors (Lipinski definition) is 1. The van der Waals surface area contributed by atoms with Gasteiger partial charge >= 0.3 is 0 Å². The Balaban J connectivity index is 1.38. The summed E-state index contributed by atoms with van der Waals surface area (Å²) in [6.45, 7) is 2.41. The lowest BCUT2D eigenvalue weighted by atomic mass is 10.2. The molecule has 3 heterocycles. The molecular formula is C23H24ClN5O2. The molecule has 1 atom stereocenters. The summed E-state index contributed by atoms with van der Waals surface area (Å²) < 4.78 is 7.40. The fourth-order valence-electron chi connectivity index (χ4n) is 4.32. The van der Waals surface area contributed by atoms with Crippen molar-refractivity contribution >= 4 is 28.9 Å². The van der Waals surface area contributed by atoms with Crippen LogP contribution >= 0.6 is 11.6 Å². The highest BCUT2D eigenvalue weighted by Crippen LogP contribution is 2.37. The minimum absolute atomic E-state index is 0.103. The normalized spacial score (nSPS) is 18.0. The molecule has 8 heteroatoms. The highest BCUT2D eigenvalue weighted by atomic mass is 35.5. The maximum atomic E-state index is 13.1. The van der Waals surface area contributed by atoms with E-state index in [1.807, 2.05) is 55.7 Å². The molecule has 2 aliphatic heterocycles. The van der Waals surface area contributed by atoms with Crippen LogP contribution in [-0.4, -0.2) is 49.0 Å². The second kappa shape index (κ2) is 7.90. The van der Waals surface area contributed by atoms with Gasteiger partial charge in [-0.15, -0.1) is 0 Å². The molecule has 0 saturated carbocycles. The van der Waals surface area contributed by atoms with Gasteiger partial charge in [0.15, 0.2) is 5.69 Å². The van der Waals surface area contributed by atoms with Crippen LogP contribution in [0.5, 0.6) is 5.75 Å². The number of amides is 1. The molecule has 1 fully saturated rings. The molecule has 0 aliphatic carbocycles. The molecule has 2 aliphatic rings. The average molecular weight is 438 g/mol. The van der Waals surface area contributed by atoms with Gasteiger partial charge in [-0.1, -0.05) is 11.6 Å². The Morgan fingerprint density at radius 3 is 2.61 bits per heavy atom. The van der Waals surface area contributed by atoms with Crippen molar-refractivity contribution in [2.75, 3.05) is 37.0 Å². The Labute approximate surface area is 186 Å². The third-order valence-electron chi connectivity index (χ3n) is 6.07. The number of benzene rings is 2. The summed E-state index contributed by atoms with van der Waals surface area (Å²) in [6.07, 6.45) is 3.01. The maximum Gasteiger partial charge on any atom is 0.279 e. The van der Waals surface area contributed by atoms with Crippen molar-refractivity contribution < 1.29 is 9.53 Å². The Bertz CT molecular complexity index is 1130. The number of nitrogens with zero attached hydrogens (tertiary/aromatic N) is 4. The number of likely N-dealkylation sites (N-methyl/N-ethyl adjacent to an activating group) is 1. The quantitative estimate of drug-likeness (QED) is 0.662. The molecular weight excluding hydrogens is 414 g/mol. The fourth-order valence-corrected chi connectivity index (χ4v) is 4.45. The summed E-state index contributed by atoms with van der Waals surface area (Å²) >= 11 is 5.97. The maximum absolute atomic E-state index is 13.1. The van der Waals surface area contributed by atoms with E-state index >= 15 is 0 Å². The number of hydrogen-bond acceptors (Lipinski definition) is 5. The van der Waals surface area contributed by atoms with E-state index in [0.29, 0.717) is 23.3 Å². The molecule has 1 aromatic heterocycles. The summed E-state index contributed by atoms with van der Waals surface area (Å²) in [7, 11) is 3.67. The minimum atomic E-state index is -0.103. The van der Waals surface area contributed by atoms with Crippen LogP contribution in [0.3, 0.4) is 0 Å². The largest absolute Gasteiger partial charge is 0.495 e. The second-order valence-corrected chi connectivity index (χ2v) is 8.33. The van der Waals surface area contributed by atoms with Crippen LogP contribution in [-0.2, 0) is 6.54 Å². The monoisotopic (exact) mass is 437 g/mol. The van der Waals surface area contributed by atoms with Gasteiger partial charge in [0, 0.05) is 47.7 Å². The van der Waals surface area contributed by atoms with Crippen LogP contribution in [0.25, 0.3) is 5.69 Å². The SMILES string of the molecule is CN[C@H]1CCN(c2ccc(N3Cc4cn(-c5ccc(Cl)cc5)nc4C3=O)cc2OC)C1. The van der Waals surface area contributed by atoms with Crippen LogP contribution in [0.1, 0.15) is 22.5 Å². The first-order chi connectivity index (χ1) is 15.1. The summed E-state index contributed by atoms with van der Waals surface area (Å²) in [5.41, 5.74) is 4.12. The Hall–Kier alpha value is -3.03. The van der Waals surface area contributed by atoms with Crippen LogP contribution in [0.15, 0.2) is 48.7 Å². The van der Waals surface area contributed by atoms with E-state index < -0.39 is 0 Å². The number of methoxy groups -OCH3 is 1. The molecule has 0 unspecified atom stereocenters. The van der Waals surface area contributed by atoms with Gasteiger partial charge in [0.2, 0.25) is 0 Å². The van der Waals surface area contributed by atoms with Crippen molar-refractivity contribution in [2.45, 2.75) is 19.0 Å². The number of ether oxygens (including phenoxy) is 1. The smallest absolute Gasteiger partial charge is 0.279 e. The molecule has 5 rings (SSSR count). The van der Waals surface area contributed by atoms with E-state index in [1.165, 1.54) is 0 Å². The predicted molar refractivity (Wildman–Crippen MR) is 122 cm³/mol. The number of nitrogens with one attached hydrogen (secondary N) is 1. The first kappa shape index (κ1) is 19.9. The van der Waals surface area contributed by atoms with Crippen molar-refractivity contribution in [3.8, 4) is 11.4 Å². The number of carbonyl (C=O) groups excluding carboxylic acids is 1. The summed E-state index contributed by atoms with van der Waals surface area (Å²) in [4.78, 5) is 17.2. The van der Waals surface area contributed by atoms with Crippen LogP contribution < -0.4 is 19.9 Å².